The molecule has 0 heterocycles. The quantitative estimate of drug-likeness (QED) is 0.798. The van der Waals surface area contributed by atoms with Gasteiger partial charge in [0.15, 0.2) is 6.29 Å². The normalized spacial score (nSPS) is 24.4. The Labute approximate surface area is 92.9 Å². The molecule has 0 aliphatic heterocycles. The lowest BCUT2D eigenvalue weighted by atomic mass is 10.2. The molecule has 1 fully saturated rings. The van der Waals surface area contributed by atoms with Gasteiger partial charge in [0.05, 0.1) is 11.7 Å². The average molecular weight is 224 g/mol. The second kappa shape index (κ2) is 4.61. The lowest BCUT2D eigenvalue weighted by Gasteiger charge is -2.18. The van der Waals surface area contributed by atoms with E-state index in [1.807, 2.05) is 0 Å². The maximum Gasteiger partial charge on any atom is 0.153 e. The van der Waals surface area contributed by atoms with Crippen molar-refractivity contribution in [3.8, 4) is 5.75 Å². The van der Waals surface area contributed by atoms with Gasteiger partial charge in [0, 0.05) is 0 Å². The molecule has 1 aliphatic carbocycles. The zero-order valence-corrected chi connectivity index (χ0v) is 8.73. The van der Waals surface area contributed by atoms with E-state index >= 15 is 0 Å². The molecule has 3 nitrogen and oxygen atoms in total. The summed E-state index contributed by atoms with van der Waals surface area (Å²) in [6, 6.07) is 3.79. The van der Waals surface area contributed by atoms with E-state index in [9.17, 15) is 14.3 Å². The van der Waals surface area contributed by atoms with E-state index in [0.717, 1.165) is 18.9 Å². The highest BCUT2D eigenvalue weighted by Gasteiger charge is 2.27. The number of benzene rings is 1. The van der Waals surface area contributed by atoms with Crippen LogP contribution in [0.3, 0.4) is 0 Å². The number of aldehydes is 1. The molecule has 0 amide bonds. The van der Waals surface area contributed by atoms with Crippen molar-refractivity contribution in [2.45, 2.75) is 31.5 Å². The Morgan fingerprint density at radius 1 is 1.44 bits per heavy atom. The van der Waals surface area contributed by atoms with E-state index in [0.29, 0.717) is 18.5 Å². The summed E-state index contributed by atoms with van der Waals surface area (Å²) in [5, 5.41) is 9.58. The summed E-state index contributed by atoms with van der Waals surface area (Å²) in [6.07, 6.45) is 2.15. The van der Waals surface area contributed by atoms with Crippen molar-refractivity contribution >= 4 is 6.29 Å². The fourth-order valence-electron chi connectivity index (χ4n) is 1.93. The maximum atomic E-state index is 12.9. The fraction of sp³-hybridized carbons (Fsp3) is 0.417. The first kappa shape index (κ1) is 11.1. The number of carbonyl (C=O) groups excluding carboxylic acids is 1. The van der Waals surface area contributed by atoms with Crippen LogP contribution in [0.15, 0.2) is 18.2 Å². The van der Waals surface area contributed by atoms with E-state index in [4.69, 9.17) is 4.74 Å². The number of hydrogen-bond donors (Lipinski definition) is 1. The number of carbonyl (C=O) groups is 1. The van der Waals surface area contributed by atoms with Crippen LogP contribution in [-0.2, 0) is 0 Å². The summed E-state index contributed by atoms with van der Waals surface area (Å²) in [4.78, 5) is 10.7. The summed E-state index contributed by atoms with van der Waals surface area (Å²) in [6.45, 7) is 0. The molecule has 0 radical (unpaired) electrons. The maximum absolute atomic E-state index is 12.9. The van der Waals surface area contributed by atoms with E-state index in [1.54, 1.807) is 0 Å². The third-order valence-corrected chi connectivity index (χ3v) is 2.79. The molecule has 1 aromatic carbocycles. The standard InChI is InChI=1S/C12H13FO3/c13-9-4-5-11(8(6-9)7-14)16-12-3-1-2-10(12)15/h4-7,10,12,15H,1-3H2. The van der Waals surface area contributed by atoms with E-state index in [1.165, 1.54) is 12.1 Å². The summed E-state index contributed by atoms with van der Waals surface area (Å²) in [5.41, 5.74) is 0.180. The van der Waals surface area contributed by atoms with Gasteiger partial charge in [-0.15, -0.1) is 0 Å². The van der Waals surface area contributed by atoms with E-state index in [2.05, 4.69) is 0 Å². The van der Waals surface area contributed by atoms with Crippen LogP contribution < -0.4 is 4.74 Å². The number of hydrogen-bond acceptors (Lipinski definition) is 3. The van der Waals surface area contributed by atoms with E-state index in [-0.39, 0.29) is 11.7 Å². The largest absolute Gasteiger partial charge is 0.487 e. The molecule has 4 heteroatoms. The molecule has 1 aliphatic rings. The van der Waals surface area contributed by atoms with Gasteiger partial charge in [-0.05, 0) is 37.5 Å². The van der Waals surface area contributed by atoms with Crippen LogP contribution in [0.2, 0.25) is 0 Å². The lowest BCUT2D eigenvalue weighted by Crippen LogP contribution is -2.26. The highest BCUT2D eigenvalue weighted by atomic mass is 19.1. The summed E-state index contributed by atoms with van der Waals surface area (Å²) in [5.74, 6) is -0.135. The molecule has 0 aromatic heterocycles. The fourth-order valence-corrected chi connectivity index (χ4v) is 1.93. The molecule has 2 rings (SSSR count). The Morgan fingerprint density at radius 2 is 2.25 bits per heavy atom. The molecule has 1 saturated carbocycles. The number of halogens is 1. The van der Waals surface area contributed by atoms with Crippen molar-refractivity contribution in [3.63, 3.8) is 0 Å². The number of aliphatic hydroxyl groups excluding tert-OH is 1. The Bertz CT molecular complexity index is 392. The van der Waals surface area contributed by atoms with Crippen molar-refractivity contribution in [1.82, 2.24) is 0 Å². The molecular weight excluding hydrogens is 211 g/mol. The van der Waals surface area contributed by atoms with Crippen LogP contribution in [0.5, 0.6) is 5.75 Å². The highest BCUT2D eigenvalue weighted by molar-refractivity contribution is 5.79. The minimum absolute atomic E-state index is 0.180. The zero-order valence-electron chi connectivity index (χ0n) is 8.73. The zero-order chi connectivity index (χ0) is 11.5. The van der Waals surface area contributed by atoms with Gasteiger partial charge in [0.1, 0.15) is 17.7 Å². The predicted octanol–water partition coefficient (Wildman–Crippen LogP) is 1.93. The third-order valence-electron chi connectivity index (χ3n) is 2.79. The monoisotopic (exact) mass is 224 g/mol. The Morgan fingerprint density at radius 3 is 2.88 bits per heavy atom. The van der Waals surface area contributed by atoms with Crippen molar-refractivity contribution in [1.29, 1.82) is 0 Å². The van der Waals surface area contributed by atoms with Crippen molar-refractivity contribution in [2.75, 3.05) is 0 Å². The predicted molar refractivity (Wildman–Crippen MR) is 56.1 cm³/mol. The minimum atomic E-state index is -0.496. The Kier molecular flexibility index (Phi) is 3.19. The van der Waals surface area contributed by atoms with E-state index < -0.39 is 11.9 Å². The van der Waals surface area contributed by atoms with Crippen LogP contribution in [-0.4, -0.2) is 23.6 Å². The smallest absolute Gasteiger partial charge is 0.153 e. The topological polar surface area (TPSA) is 46.5 Å². The minimum Gasteiger partial charge on any atom is -0.487 e. The lowest BCUT2D eigenvalue weighted by molar-refractivity contribution is 0.0596. The molecule has 2 atom stereocenters. The second-order valence-electron chi connectivity index (χ2n) is 3.95. The summed E-state index contributed by atoms with van der Waals surface area (Å²) < 4.78 is 18.4. The van der Waals surface area contributed by atoms with Crippen LogP contribution in [0, 0.1) is 5.82 Å². The van der Waals surface area contributed by atoms with Crippen LogP contribution in [0.25, 0.3) is 0 Å². The van der Waals surface area contributed by atoms with Gasteiger partial charge in [-0.25, -0.2) is 4.39 Å². The average Bonchev–Trinajstić information content (AvgIpc) is 2.67. The number of rotatable bonds is 3. The summed E-state index contributed by atoms with van der Waals surface area (Å²) >= 11 is 0. The second-order valence-corrected chi connectivity index (χ2v) is 3.95. The molecule has 1 aromatic rings. The first-order chi connectivity index (χ1) is 7.70. The number of ether oxygens (including phenoxy) is 1. The van der Waals surface area contributed by atoms with Gasteiger partial charge in [-0.3, -0.25) is 4.79 Å². The van der Waals surface area contributed by atoms with Gasteiger partial charge in [0.25, 0.3) is 0 Å². The molecular formula is C12H13FO3. The first-order valence-corrected chi connectivity index (χ1v) is 5.30. The molecule has 1 N–H and O–H groups in total. The van der Waals surface area contributed by atoms with Crippen LogP contribution in [0.1, 0.15) is 29.6 Å². The van der Waals surface area contributed by atoms with Crippen LogP contribution in [0.4, 0.5) is 4.39 Å². The molecule has 86 valence electrons. The van der Waals surface area contributed by atoms with Gasteiger partial charge in [-0.1, -0.05) is 0 Å². The summed E-state index contributed by atoms with van der Waals surface area (Å²) in [7, 11) is 0. The third kappa shape index (κ3) is 2.22. The SMILES string of the molecule is O=Cc1cc(F)ccc1OC1CCCC1O. The van der Waals surface area contributed by atoms with Crippen LogP contribution >= 0.6 is 0 Å². The molecule has 2 unspecified atom stereocenters. The van der Waals surface area contributed by atoms with Crippen molar-refractivity contribution < 1.29 is 19.0 Å². The molecule has 16 heavy (non-hydrogen) atoms. The molecule has 0 bridgehead atoms. The Balaban J connectivity index is 2.17. The molecule has 0 saturated heterocycles. The number of aliphatic hydroxyl groups is 1. The highest BCUT2D eigenvalue weighted by Crippen LogP contribution is 2.26. The van der Waals surface area contributed by atoms with Gasteiger partial charge in [-0.2, -0.15) is 0 Å². The van der Waals surface area contributed by atoms with Gasteiger partial charge in [0.2, 0.25) is 0 Å². The molecule has 0 spiro atoms. The Hall–Kier alpha value is -1.42. The van der Waals surface area contributed by atoms with Gasteiger partial charge < -0.3 is 9.84 Å². The van der Waals surface area contributed by atoms with Gasteiger partial charge >= 0.3 is 0 Å². The van der Waals surface area contributed by atoms with Crippen molar-refractivity contribution in [2.24, 2.45) is 0 Å². The van der Waals surface area contributed by atoms with Crippen molar-refractivity contribution in [3.05, 3.63) is 29.6 Å². The first-order valence-electron chi connectivity index (χ1n) is 5.30.